The summed E-state index contributed by atoms with van der Waals surface area (Å²) in [6, 6.07) is 4.36. The first kappa shape index (κ1) is 9.24. The number of nitrogens with zero attached hydrogens (tertiary/aromatic N) is 1. The van der Waals surface area contributed by atoms with E-state index in [1.54, 1.807) is 11.3 Å². The van der Waals surface area contributed by atoms with E-state index in [-0.39, 0.29) is 0 Å². The van der Waals surface area contributed by atoms with Crippen molar-refractivity contribution in [1.29, 1.82) is 0 Å². The molecule has 0 amide bonds. The van der Waals surface area contributed by atoms with E-state index in [1.165, 1.54) is 9.75 Å². The van der Waals surface area contributed by atoms with Crippen LogP contribution in [0.15, 0.2) is 28.0 Å². The first-order valence-electron chi connectivity index (χ1n) is 3.92. The summed E-state index contributed by atoms with van der Waals surface area (Å²) >= 11 is 5.38. The summed E-state index contributed by atoms with van der Waals surface area (Å²) in [4.78, 5) is 7.04. The number of rotatable bonds is 3. The predicted octanol–water partition coefficient (Wildman–Crippen LogP) is 3.81. The van der Waals surface area contributed by atoms with Crippen molar-refractivity contribution in [2.75, 3.05) is 0 Å². The summed E-state index contributed by atoms with van der Waals surface area (Å²) in [5, 5.41) is 2.02. The van der Waals surface area contributed by atoms with Crippen LogP contribution in [0.2, 0.25) is 0 Å². The number of aromatic nitrogens is 1. The van der Waals surface area contributed by atoms with Gasteiger partial charge in [-0.15, -0.1) is 22.7 Å². The molecule has 1 nitrogen and oxygen atoms in total. The predicted molar refractivity (Wildman–Crippen MR) is 60.7 cm³/mol. The topological polar surface area (TPSA) is 12.9 Å². The Hall–Kier alpha value is -0.320. The van der Waals surface area contributed by atoms with E-state index in [9.17, 15) is 0 Å². The second-order valence-corrected chi connectivity index (χ2v) is 6.09. The minimum absolute atomic E-state index is 1.05. The molecule has 68 valence electrons. The Balaban J connectivity index is 1.93. The van der Waals surface area contributed by atoms with Gasteiger partial charge < -0.3 is 0 Å². The van der Waals surface area contributed by atoms with E-state index < -0.39 is 0 Å². The monoisotopic (exact) mass is 227 g/mol. The molecular formula is C9H9NS3. The van der Waals surface area contributed by atoms with Crippen molar-refractivity contribution in [2.45, 2.75) is 17.0 Å². The van der Waals surface area contributed by atoms with Gasteiger partial charge in [0.2, 0.25) is 0 Å². The van der Waals surface area contributed by atoms with Crippen LogP contribution >= 0.6 is 34.4 Å². The zero-order chi connectivity index (χ0) is 9.10. The second-order valence-electron chi connectivity index (χ2n) is 2.60. The van der Waals surface area contributed by atoms with Gasteiger partial charge in [-0.1, -0.05) is 11.8 Å². The Kier molecular flexibility index (Phi) is 3.03. The fraction of sp³-hybridized carbons (Fsp3) is 0.222. The number of hydrogen-bond donors (Lipinski definition) is 0. The molecule has 0 radical (unpaired) electrons. The van der Waals surface area contributed by atoms with Gasteiger partial charge in [-0.2, -0.15) is 0 Å². The lowest BCUT2D eigenvalue weighted by Crippen LogP contribution is -1.71. The van der Waals surface area contributed by atoms with Gasteiger partial charge in [-0.05, 0) is 19.1 Å². The van der Waals surface area contributed by atoms with Gasteiger partial charge in [-0.3, -0.25) is 0 Å². The minimum Gasteiger partial charge on any atom is -0.238 e. The first-order chi connectivity index (χ1) is 6.34. The Bertz CT molecular complexity index is 364. The van der Waals surface area contributed by atoms with E-state index in [0.717, 1.165) is 10.1 Å². The normalized spacial score (nSPS) is 10.5. The van der Waals surface area contributed by atoms with Crippen molar-refractivity contribution in [3.05, 3.63) is 33.5 Å². The van der Waals surface area contributed by atoms with Gasteiger partial charge in [0.05, 0.1) is 0 Å². The molecule has 2 aromatic heterocycles. The van der Waals surface area contributed by atoms with Crippen molar-refractivity contribution < 1.29 is 0 Å². The Morgan fingerprint density at radius 2 is 2.38 bits per heavy atom. The molecule has 0 aliphatic heterocycles. The molecule has 2 heterocycles. The van der Waals surface area contributed by atoms with E-state index >= 15 is 0 Å². The van der Waals surface area contributed by atoms with Crippen LogP contribution in [-0.2, 0) is 5.75 Å². The summed E-state index contributed by atoms with van der Waals surface area (Å²) in [5.74, 6) is 1.05. The molecule has 2 rings (SSSR count). The lowest BCUT2D eigenvalue weighted by molar-refractivity contribution is 1.25. The van der Waals surface area contributed by atoms with Crippen molar-refractivity contribution in [1.82, 2.24) is 4.98 Å². The lowest BCUT2D eigenvalue weighted by Gasteiger charge is -1.92. The molecule has 0 bridgehead atoms. The van der Waals surface area contributed by atoms with E-state index in [2.05, 4.69) is 24.0 Å². The summed E-state index contributed by atoms with van der Waals surface area (Å²) in [7, 11) is 0. The third-order valence-electron chi connectivity index (χ3n) is 1.54. The fourth-order valence-corrected chi connectivity index (χ4v) is 3.55. The second kappa shape index (κ2) is 4.26. The highest BCUT2D eigenvalue weighted by Crippen LogP contribution is 2.27. The highest BCUT2D eigenvalue weighted by atomic mass is 32.2. The van der Waals surface area contributed by atoms with E-state index in [4.69, 9.17) is 0 Å². The highest BCUT2D eigenvalue weighted by Gasteiger charge is 1.99. The number of thiazole rings is 1. The van der Waals surface area contributed by atoms with E-state index in [1.807, 2.05) is 34.7 Å². The fourth-order valence-electron chi connectivity index (χ4n) is 0.977. The van der Waals surface area contributed by atoms with Crippen molar-refractivity contribution in [2.24, 2.45) is 0 Å². The maximum Gasteiger partial charge on any atom is 0.150 e. The first-order valence-corrected chi connectivity index (χ1v) is 6.60. The summed E-state index contributed by atoms with van der Waals surface area (Å²) in [6.45, 7) is 2.14. The van der Waals surface area contributed by atoms with Crippen LogP contribution in [-0.4, -0.2) is 4.98 Å². The number of thiophene rings is 1. The maximum absolute atomic E-state index is 4.22. The molecule has 0 N–H and O–H groups in total. The molecule has 4 heteroatoms. The quantitative estimate of drug-likeness (QED) is 0.740. The molecule has 0 aromatic carbocycles. The molecule has 0 aliphatic rings. The third kappa shape index (κ3) is 2.56. The largest absolute Gasteiger partial charge is 0.238 e. The lowest BCUT2D eigenvalue weighted by atomic mass is 10.5. The van der Waals surface area contributed by atoms with Crippen molar-refractivity contribution in [3.63, 3.8) is 0 Å². The number of thioether (sulfide) groups is 1. The van der Waals surface area contributed by atoms with Gasteiger partial charge in [0.15, 0.2) is 0 Å². The van der Waals surface area contributed by atoms with Crippen molar-refractivity contribution in [3.8, 4) is 0 Å². The van der Waals surface area contributed by atoms with E-state index in [0.29, 0.717) is 0 Å². The van der Waals surface area contributed by atoms with Gasteiger partial charge in [0, 0.05) is 27.1 Å². The zero-order valence-corrected chi connectivity index (χ0v) is 9.64. The van der Waals surface area contributed by atoms with Gasteiger partial charge in [0.1, 0.15) is 4.34 Å². The van der Waals surface area contributed by atoms with Gasteiger partial charge in [-0.25, -0.2) is 4.98 Å². The van der Waals surface area contributed by atoms with Gasteiger partial charge >= 0.3 is 0 Å². The Morgan fingerprint density at radius 3 is 3.00 bits per heavy atom. The maximum atomic E-state index is 4.22. The highest BCUT2D eigenvalue weighted by molar-refractivity contribution is 8.00. The molecule has 0 atom stereocenters. The van der Waals surface area contributed by atoms with Crippen LogP contribution in [0, 0.1) is 6.92 Å². The smallest absolute Gasteiger partial charge is 0.150 e. The average Bonchev–Trinajstić information content (AvgIpc) is 2.71. The summed E-state index contributed by atoms with van der Waals surface area (Å²) in [6.07, 6.45) is 1.85. The molecule has 0 unspecified atom stereocenters. The summed E-state index contributed by atoms with van der Waals surface area (Å²) in [5.41, 5.74) is 0. The molecule has 0 saturated heterocycles. The van der Waals surface area contributed by atoms with Crippen LogP contribution in [0.1, 0.15) is 9.75 Å². The molecule has 0 aliphatic carbocycles. The number of aryl methyl sites for hydroxylation is 1. The van der Waals surface area contributed by atoms with Crippen LogP contribution in [0.5, 0.6) is 0 Å². The van der Waals surface area contributed by atoms with Crippen LogP contribution in [0.25, 0.3) is 0 Å². The average molecular weight is 227 g/mol. The molecule has 0 spiro atoms. The van der Waals surface area contributed by atoms with Crippen molar-refractivity contribution >= 4 is 34.4 Å². The molecule has 0 saturated carbocycles. The zero-order valence-electron chi connectivity index (χ0n) is 7.19. The van der Waals surface area contributed by atoms with Crippen LogP contribution < -0.4 is 0 Å². The van der Waals surface area contributed by atoms with Crippen LogP contribution in [0.3, 0.4) is 0 Å². The molecule has 0 fully saturated rings. The minimum atomic E-state index is 1.05. The summed E-state index contributed by atoms with van der Waals surface area (Å²) < 4.78 is 1.16. The standard InChI is InChI=1S/C9H9NS3/c1-7-2-3-8(13-7)6-12-9-10-4-5-11-9/h2-5H,6H2,1H3. The van der Waals surface area contributed by atoms with Crippen LogP contribution in [0.4, 0.5) is 0 Å². The molecule has 13 heavy (non-hydrogen) atoms. The molecule has 2 aromatic rings. The van der Waals surface area contributed by atoms with Gasteiger partial charge in [0.25, 0.3) is 0 Å². The molecular weight excluding hydrogens is 218 g/mol. The Labute approximate surface area is 89.8 Å². The SMILES string of the molecule is Cc1ccc(CSc2nccs2)s1. The Morgan fingerprint density at radius 1 is 1.46 bits per heavy atom. The number of hydrogen-bond acceptors (Lipinski definition) is 4. The third-order valence-corrected chi connectivity index (χ3v) is 4.74.